The molecule has 0 aromatic heterocycles. The molecule has 0 spiro atoms. The molecule has 0 atom stereocenters. The van der Waals surface area contributed by atoms with Gasteiger partial charge in [-0.1, -0.05) is 30.3 Å². The standard InChI is InChI=1S/C19H27N3O7S/c1-18(2,3)29-16(24)20-19(9-11-22(12-10-19)17(25)26)15(23)21-30(27,28)13-14-7-5-4-6-8-14/h4-8H,9-13H2,1-3H3,(H,20,24)(H,21,23)(H,25,26). The first-order chi connectivity index (χ1) is 13.8. The van der Waals surface area contributed by atoms with E-state index in [1.165, 1.54) is 0 Å². The number of carboxylic acid groups (broad SMARTS) is 1. The number of nitrogens with zero attached hydrogens (tertiary/aromatic N) is 1. The molecular formula is C19H27N3O7S. The first-order valence-corrected chi connectivity index (χ1v) is 11.1. The Morgan fingerprint density at radius 2 is 1.70 bits per heavy atom. The van der Waals surface area contributed by atoms with Crippen molar-refractivity contribution < 1.29 is 32.6 Å². The highest BCUT2D eigenvalue weighted by Crippen LogP contribution is 2.24. The van der Waals surface area contributed by atoms with Crippen LogP contribution in [0.2, 0.25) is 0 Å². The number of nitrogens with one attached hydrogen (secondary N) is 2. The van der Waals surface area contributed by atoms with E-state index in [1.54, 1.807) is 51.1 Å². The van der Waals surface area contributed by atoms with Crippen molar-refractivity contribution in [3.8, 4) is 0 Å². The molecule has 11 heteroatoms. The summed E-state index contributed by atoms with van der Waals surface area (Å²) in [5, 5.41) is 11.6. The van der Waals surface area contributed by atoms with Crippen molar-refractivity contribution in [1.82, 2.24) is 14.9 Å². The highest BCUT2D eigenvalue weighted by Gasteiger charge is 2.45. The smallest absolute Gasteiger partial charge is 0.408 e. The van der Waals surface area contributed by atoms with Gasteiger partial charge in [-0.25, -0.2) is 18.0 Å². The number of amides is 3. The maximum atomic E-state index is 13.0. The Bertz CT molecular complexity index is 886. The third-order valence-corrected chi connectivity index (χ3v) is 5.72. The Hall–Kier alpha value is -2.82. The lowest BCUT2D eigenvalue weighted by molar-refractivity contribution is -0.127. The van der Waals surface area contributed by atoms with E-state index in [0.717, 1.165) is 4.90 Å². The summed E-state index contributed by atoms with van der Waals surface area (Å²) in [6.45, 7) is 4.86. The van der Waals surface area contributed by atoms with Crippen LogP contribution in [0.15, 0.2) is 30.3 Å². The maximum Gasteiger partial charge on any atom is 0.408 e. The van der Waals surface area contributed by atoms with Gasteiger partial charge in [0.25, 0.3) is 5.91 Å². The molecule has 1 aromatic rings. The van der Waals surface area contributed by atoms with Crippen molar-refractivity contribution in [2.24, 2.45) is 0 Å². The number of carbonyl (C=O) groups is 3. The minimum atomic E-state index is -4.04. The number of rotatable bonds is 5. The summed E-state index contributed by atoms with van der Waals surface area (Å²) >= 11 is 0. The number of sulfonamides is 1. The van der Waals surface area contributed by atoms with Gasteiger partial charge in [0.2, 0.25) is 10.0 Å². The van der Waals surface area contributed by atoms with Gasteiger partial charge in [-0.05, 0) is 39.2 Å². The Balaban J connectivity index is 2.19. The van der Waals surface area contributed by atoms with Crippen molar-refractivity contribution in [1.29, 1.82) is 0 Å². The summed E-state index contributed by atoms with van der Waals surface area (Å²) in [6.07, 6.45) is -2.23. The molecule has 3 N–H and O–H groups in total. The zero-order chi connectivity index (χ0) is 22.6. The number of benzene rings is 1. The minimum absolute atomic E-state index is 0.0444. The minimum Gasteiger partial charge on any atom is -0.465 e. The van der Waals surface area contributed by atoms with Crippen LogP contribution in [0.25, 0.3) is 0 Å². The molecule has 3 amide bonds. The third kappa shape index (κ3) is 6.61. The van der Waals surface area contributed by atoms with Crippen molar-refractivity contribution in [2.45, 2.75) is 50.5 Å². The van der Waals surface area contributed by atoms with Gasteiger partial charge in [0.1, 0.15) is 11.1 Å². The fourth-order valence-corrected chi connectivity index (χ4v) is 4.24. The van der Waals surface area contributed by atoms with E-state index in [-0.39, 0.29) is 25.9 Å². The summed E-state index contributed by atoms with van der Waals surface area (Å²) < 4.78 is 32.2. The number of hydrogen-bond donors (Lipinski definition) is 3. The number of ether oxygens (including phenoxy) is 1. The first-order valence-electron chi connectivity index (χ1n) is 9.40. The zero-order valence-electron chi connectivity index (χ0n) is 17.2. The van der Waals surface area contributed by atoms with Crippen LogP contribution >= 0.6 is 0 Å². The average Bonchev–Trinajstić information content (AvgIpc) is 2.60. The number of piperidine rings is 1. The summed E-state index contributed by atoms with van der Waals surface area (Å²) in [4.78, 5) is 37.6. The van der Waals surface area contributed by atoms with E-state index in [4.69, 9.17) is 9.84 Å². The van der Waals surface area contributed by atoms with Crippen molar-refractivity contribution >= 4 is 28.1 Å². The van der Waals surface area contributed by atoms with Gasteiger partial charge in [0.15, 0.2) is 0 Å². The van der Waals surface area contributed by atoms with Crippen LogP contribution in [0.1, 0.15) is 39.2 Å². The van der Waals surface area contributed by atoms with Crippen LogP contribution < -0.4 is 10.0 Å². The highest BCUT2D eigenvalue weighted by molar-refractivity contribution is 7.89. The van der Waals surface area contributed by atoms with E-state index < -0.39 is 45.0 Å². The van der Waals surface area contributed by atoms with Gasteiger partial charge in [-0.15, -0.1) is 0 Å². The Morgan fingerprint density at radius 1 is 1.13 bits per heavy atom. The molecule has 0 radical (unpaired) electrons. The van der Waals surface area contributed by atoms with Crippen LogP contribution in [0.4, 0.5) is 9.59 Å². The predicted octanol–water partition coefficient (Wildman–Crippen LogP) is 1.67. The highest BCUT2D eigenvalue weighted by atomic mass is 32.2. The monoisotopic (exact) mass is 441 g/mol. The Morgan fingerprint density at radius 3 is 2.20 bits per heavy atom. The normalized spacial score (nSPS) is 16.4. The lowest BCUT2D eigenvalue weighted by Gasteiger charge is -2.40. The molecule has 1 saturated heterocycles. The molecular weight excluding hydrogens is 414 g/mol. The second-order valence-electron chi connectivity index (χ2n) is 8.15. The molecule has 1 fully saturated rings. The average molecular weight is 442 g/mol. The summed E-state index contributed by atoms with van der Waals surface area (Å²) in [5.41, 5.74) is -1.95. The number of hydrogen-bond acceptors (Lipinski definition) is 6. The topological polar surface area (TPSA) is 142 Å². The Kier molecular flexibility index (Phi) is 6.96. The molecule has 0 unspecified atom stereocenters. The quantitative estimate of drug-likeness (QED) is 0.631. The van der Waals surface area contributed by atoms with E-state index in [2.05, 4.69) is 5.32 Å². The van der Waals surface area contributed by atoms with E-state index in [1.807, 2.05) is 4.72 Å². The second kappa shape index (κ2) is 8.90. The molecule has 30 heavy (non-hydrogen) atoms. The van der Waals surface area contributed by atoms with Crippen LogP contribution in [0.5, 0.6) is 0 Å². The number of carbonyl (C=O) groups excluding carboxylic acids is 2. The van der Waals surface area contributed by atoms with Gasteiger partial charge in [0, 0.05) is 13.1 Å². The van der Waals surface area contributed by atoms with Crippen molar-refractivity contribution in [3.05, 3.63) is 35.9 Å². The molecule has 166 valence electrons. The molecule has 1 aliphatic heterocycles. The lowest BCUT2D eigenvalue weighted by atomic mass is 9.87. The van der Waals surface area contributed by atoms with Gasteiger partial charge >= 0.3 is 12.2 Å². The molecule has 1 heterocycles. The van der Waals surface area contributed by atoms with Gasteiger partial charge in [-0.3, -0.25) is 9.52 Å². The largest absolute Gasteiger partial charge is 0.465 e. The Labute approximate surface area is 175 Å². The molecule has 0 saturated carbocycles. The summed E-state index contributed by atoms with van der Waals surface area (Å²) in [5.74, 6) is -1.34. The van der Waals surface area contributed by atoms with Crippen LogP contribution in [-0.4, -0.2) is 60.7 Å². The molecule has 1 aromatic carbocycles. The number of likely N-dealkylation sites (tertiary alicyclic amines) is 1. The van der Waals surface area contributed by atoms with Crippen LogP contribution in [0.3, 0.4) is 0 Å². The molecule has 1 aliphatic rings. The maximum absolute atomic E-state index is 13.0. The third-order valence-electron chi connectivity index (χ3n) is 4.51. The van der Waals surface area contributed by atoms with Gasteiger partial charge in [-0.2, -0.15) is 0 Å². The van der Waals surface area contributed by atoms with Crippen molar-refractivity contribution in [2.75, 3.05) is 13.1 Å². The lowest BCUT2D eigenvalue weighted by Crippen LogP contribution is -2.64. The fraction of sp³-hybridized carbons (Fsp3) is 0.526. The van der Waals surface area contributed by atoms with Crippen LogP contribution in [-0.2, 0) is 25.3 Å². The van der Waals surface area contributed by atoms with Gasteiger partial charge in [0.05, 0.1) is 5.75 Å². The van der Waals surface area contributed by atoms with E-state index in [9.17, 15) is 22.8 Å². The summed E-state index contributed by atoms with van der Waals surface area (Å²) in [6, 6.07) is 8.33. The molecule has 0 aliphatic carbocycles. The zero-order valence-corrected chi connectivity index (χ0v) is 18.0. The van der Waals surface area contributed by atoms with Crippen molar-refractivity contribution in [3.63, 3.8) is 0 Å². The SMILES string of the molecule is CC(C)(C)OC(=O)NC1(C(=O)NS(=O)(=O)Cc2ccccc2)CCN(C(=O)O)CC1. The first kappa shape index (κ1) is 23.5. The molecule has 2 rings (SSSR count). The predicted molar refractivity (Wildman–Crippen MR) is 108 cm³/mol. The number of alkyl carbamates (subject to hydrolysis) is 1. The fourth-order valence-electron chi connectivity index (χ4n) is 3.06. The van der Waals surface area contributed by atoms with E-state index >= 15 is 0 Å². The van der Waals surface area contributed by atoms with Crippen LogP contribution in [0, 0.1) is 0 Å². The second-order valence-corrected chi connectivity index (χ2v) is 9.88. The summed E-state index contributed by atoms with van der Waals surface area (Å²) in [7, 11) is -4.04. The molecule has 0 bridgehead atoms. The molecule has 10 nitrogen and oxygen atoms in total. The van der Waals surface area contributed by atoms with Gasteiger partial charge < -0.3 is 20.1 Å². The van der Waals surface area contributed by atoms with E-state index in [0.29, 0.717) is 5.56 Å².